The fourth-order valence-corrected chi connectivity index (χ4v) is 2.17. The lowest BCUT2D eigenvalue weighted by molar-refractivity contribution is -0.153. The van der Waals surface area contributed by atoms with Gasteiger partial charge in [0, 0.05) is 6.54 Å². The second-order valence-electron chi connectivity index (χ2n) is 4.93. The number of benzene rings is 1. The Kier molecular flexibility index (Phi) is 5.06. The van der Waals surface area contributed by atoms with Gasteiger partial charge in [0.2, 0.25) is 5.91 Å². The molecular weight excluding hydrogens is 285 g/mol. The van der Waals surface area contributed by atoms with Gasteiger partial charge >= 0.3 is 6.18 Å². The highest BCUT2D eigenvalue weighted by Gasteiger charge is 2.29. The van der Waals surface area contributed by atoms with E-state index < -0.39 is 12.8 Å². The molecule has 1 aromatic carbocycles. The number of halogens is 3. The van der Waals surface area contributed by atoms with E-state index in [-0.39, 0.29) is 23.3 Å². The first kappa shape index (κ1) is 15.6. The van der Waals surface area contributed by atoms with Crippen molar-refractivity contribution in [1.29, 1.82) is 0 Å². The Morgan fingerprint density at radius 3 is 2.81 bits per heavy atom. The van der Waals surface area contributed by atoms with Gasteiger partial charge in [0.25, 0.3) is 0 Å². The van der Waals surface area contributed by atoms with Crippen LogP contribution in [0.4, 0.5) is 18.9 Å². The third kappa shape index (κ3) is 4.93. The molecule has 0 aromatic heterocycles. The molecule has 7 heteroatoms. The highest BCUT2D eigenvalue weighted by Crippen LogP contribution is 2.27. The molecule has 1 aromatic rings. The quantitative estimate of drug-likeness (QED) is 0.899. The van der Waals surface area contributed by atoms with Crippen LogP contribution in [0.15, 0.2) is 24.3 Å². The number of rotatable bonds is 4. The van der Waals surface area contributed by atoms with Crippen LogP contribution in [0.3, 0.4) is 0 Å². The zero-order valence-electron chi connectivity index (χ0n) is 11.4. The molecule has 21 heavy (non-hydrogen) atoms. The summed E-state index contributed by atoms with van der Waals surface area (Å²) in [7, 11) is 0. The summed E-state index contributed by atoms with van der Waals surface area (Å²) in [4.78, 5) is 12.1. The van der Waals surface area contributed by atoms with Crippen molar-refractivity contribution >= 4 is 11.6 Å². The highest BCUT2D eigenvalue weighted by atomic mass is 19.4. The van der Waals surface area contributed by atoms with Crippen LogP contribution >= 0.6 is 0 Å². The number of nitrogens with one attached hydrogen (secondary N) is 2. The molecule has 0 spiro atoms. The van der Waals surface area contributed by atoms with Crippen molar-refractivity contribution in [3.05, 3.63) is 24.3 Å². The van der Waals surface area contributed by atoms with E-state index in [0.29, 0.717) is 6.54 Å². The lowest BCUT2D eigenvalue weighted by Gasteiger charge is -2.22. The van der Waals surface area contributed by atoms with E-state index in [4.69, 9.17) is 4.74 Å². The average Bonchev–Trinajstić information content (AvgIpc) is 2.46. The smallest absolute Gasteiger partial charge is 0.422 e. The number of para-hydroxylation sites is 2. The zero-order valence-corrected chi connectivity index (χ0v) is 11.4. The van der Waals surface area contributed by atoms with Crippen LogP contribution in [-0.2, 0) is 4.79 Å². The van der Waals surface area contributed by atoms with Gasteiger partial charge in [0.1, 0.15) is 5.75 Å². The van der Waals surface area contributed by atoms with Gasteiger partial charge in [0.15, 0.2) is 6.61 Å². The molecular formula is C14H17F3N2O2. The molecule has 2 rings (SSSR count). The van der Waals surface area contributed by atoms with Crippen molar-refractivity contribution in [3.8, 4) is 5.75 Å². The van der Waals surface area contributed by atoms with Crippen LogP contribution in [0.5, 0.6) is 5.75 Å². The summed E-state index contributed by atoms with van der Waals surface area (Å²) >= 11 is 0. The SMILES string of the molecule is O=C(Nc1ccccc1OCC(F)(F)F)C1CCCNC1. The summed E-state index contributed by atoms with van der Waals surface area (Å²) in [5.74, 6) is -0.355. The lowest BCUT2D eigenvalue weighted by atomic mass is 9.99. The van der Waals surface area contributed by atoms with Crippen molar-refractivity contribution in [2.45, 2.75) is 19.0 Å². The summed E-state index contributed by atoms with van der Waals surface area (Å²) in [5.41, 5.74) is 0.261. The van der Waals surface area contributed by atoms with Gasteiger partial charge in [-0.05, 0) is 31.5 Å². The summed E-state index contributed by atoms with van der Waals surface area (Å²) in [6, 6.07) is 6.12. The number of amides is 1. The van der Waals surface area contributed by atoms with Crippen molar-refractivity contribution in [2.75, 3.05) is 25.0 Å². The van der Waals surface area contributed by atoms with Crippen LogP contribution in [0.1, 0.15) is 12.8 Å². The van der Waals surface area contributed by atoms with E-state index in [1.807, 2.05) is 0 Å². The third-order valence-corrected chi connectivity index (χ3v) is 3.20. The number of hydrogen-bond acceptors (Lipinski definition) is 3. The normalized spacial score (nSPS) is 19.1. The molecule has 1 aliphatic rings. The van der Waals surface area contributed by atoms with Crippen LogP contribution in [0, 0.1) is 5.92 Å². The van der Waals surface area contributed by atoms with Gasteiger partial charge in [-0.3, -0.25) is 4.79 Å². The number of piperidine rings is 1. The van der Waals surface area contributed by atoms with E-state index in [1.54, 1.807) is 12.1 Å². The van der Waals surface area contributed by atoms with Crippen LogP contribution < -0.4 is 15.4 Å². The first-order chi connectivity index (χ1) is 9.96. The number of carbonyl (C=O) groups is 1. The van der Waals surface area contributed by atoms with Crippen LogP contribution in [0.25, 0.3) is 0 Å². The number of carbonyl (C=O) groups excluding carboxylic acids is 1. The maximum Gasteiger partial charge on any atom is 0.422 e. The number of hydrogen-bond donors (Lipinski definition) is 2. The van der Waals surface area contributed by atoms with Crippen molar-refractivity contribution < 1.29 is 22.7 Å². The van der Waals surface area contributed by atoms with Gasteiger partial charge in [-0.1, -0.05) is 12.1 Å². The molecule has 1 fully saturated rings. The summed E-state index contributed by atoms with van der Waals surface area (Å²) in [5, 5.41) is 5.77. The van der Waals surface area contributed by atoms with Crippen molar-refractivity contribution in [3.63, 3.8) is 0 Å². The fourth-order valence-electron chi connectivity index (χ4n) is 2.17. The standard InChI is InChI=1S/C14H17F3N2O2/c15-14(16,17)9-21-12-6-2-1-5-11(12)19-13(20)10-4-3-7-18-8-10/h1-2,5-6,10,18H,3-4,7-9H2,(H,19,20). The first-order valence-electron chi connectivity index (χ1n) is 6.76. The molecule has 1 aliphatic heterocycles. The summed E-state index contributed by atoms with van der Waals surface area (Å²) in [6.07, 6.45) is -2.74. The molecule has 1 heterocycles. The molecule has 0 aliphatic carbocycles. The van der Waals surface area contributed by atoms with E-state index in [0.717, 1.165) is 19.4 Å². The van der Waals surface area contributed by atoms with E-state index >= 15 is 0 Å². The monoisotopic (exact) mass is 302 g/mol. The van der Waals surface area contributed by atoms with Gasteiger partial charge in [0.05, 0.1) is 11.6 Å². The van der Waals surface area contributed by atoms with Crippen molar-refractivity contribution in [1.82, 2.24) is 5.32 Å². The number of anilines is 1. The summed E-state index contributed by atoms with van der Waals surface area (Å²) < 4.78 is 41.4. The van der Waals surface area contributed by atoms with Gasteiger partial charge < -0.3 is 15.4 Å². The Morgan fingerprint density at radius 1 is 1.38 bits per heavy atom. The lowest BCUT2D eigenvalue weighted by Crippen LogP contribution is -2.37. The van der Waals surface area contributed by atoms with Crippen molar-refractivity contribution in [2.24, 2.45) is 5.92 Å². The van der Waals surface area contributed by atoms with Gasteiger partial charge in [-0.2, -0.15) is 13.2 Å². The Balaban J connectivity index is 2.00. The second-order valence-corrected chi connectivity index (χ2v) is 4.93. The fraction of sp³-hybridized carbons (Fsp3) is 0.500. The first-order valence-corrected chi connectivity index (χ1v) is 6.76. The van der Waals surface area contributed by atoms with Crippen LogP contribution in [0.2, 0.25) is 0 Å². The highest BCUT2D eigenvalue weighted by molar-refractivity contribution is 5.94. The largest absolute Gasteiger partial charge is 0.482 e. The topological polar surface area (TPSA) is 50.4 Å². The molecule has 2 N–H and O–H groups in total. The average molecular weight is 302 g/mol. The minimum absolute atomic E-state index is 0.0203. The van der Waals surface area contributed by atoms with Gasteiger partial charge in [-0.25, -0.2) is 0 Å². The molecule has 1 saturated heterocycles. The van der Waals surface area contributed by atoms with Gasteiger partial charge in [-0.15, -0.1) is 0 Å². The molecule has 1 atom stereocenters. The molecule has 1 amide bonds. The molecule has 0 saturated carbocycles. The number of alkyl halides is 3. The maximum atomic E-state index is 12.2. The van der Waals surface area contributed by atoms with E-state index in [1.165, 1.54) is 12.1 Å². The summed E-state index contributed by atoms with van der Waals surface area (Å²) in [6.45, 7) is 0.0807. The van der Waals surface area contributed by atoms with Crippen LogP contribution in [-0.4, -0.2) is 31.8 Å². The van der Waals surface area contributed by atoms with E-state index in [9.17, 15) is 18.0 Å². The number of ether oxygens (including phenoxy) is 1. The second kappa shape index (κ2) is 6.80. The molecule has 4 nitrogen and oxygen atoms in total. The van der Waals surface area contributed by atoms with E-state index in [2.05, 4.69) is 10.6 Å². The molecule has 116 valence electrons. The Morgan fingerprint density at radius 2 is 2.14 bits per heavy atom. The molecule has 0 radical (unpaired) electrons. The Hall–Kier alpha value is -1.76. The third-order valence-electron chi connectivity index (χ3n) is 3.20. The minimum atomic E-state index is -4.41. The Bertz CT molecular complexity index is 485. The predicted molar refractivity (Wildman–Crippen MR) is 72.2 cm³/mol. The molecule has 1 unspecified atom stereocenters. The minimum Gasteiger partial charge on any atom is -0.482 e. The maximum absolute atomic E-state index is 12.2. The Labute approximate surface area is 120 Å². The zero-order chi connectivity index (χ0) is 15.3. The molecule has 0 bridgehead atoms. The predicted octanol–water partition coefficient (Wildman–Crippen LogP) is 2.57.